The molecule has 0 radical (unpaired) electrons. The fourth-order valence-corrected chi connectivity index (χ4v) is 3.81. The average molecular weight is 327 g/mol. The molecular formula is C16H16F3NOS. The molecule has 0 fully saturated rings. The van der Waals surface area contributed by atoms with Crippen molar-refractivity contribution < 1.29 is 17.9 Å². The summed E-state index contributed by atoms with van der Waals surface area (Å²) < 4.78 is 44.6. The summed E-state index contributed by atoms with van der Waals surface area (Å²) >= 11 is 1.59. The van der Waals surface area contributed by atoms with Crippen LogP contribution in [0.5, 0.6) is 0 Å². The maximum Gasteiger partial charge on any atom is 0.416 e. The van der Waals surface area contributed by atoms with E-state index in [-0.39, 0.29) is 12.0 Å². The molecule has 0 aliphatic carbocycles. The van der Waals surface area contributed by atoms with Gasteiger partial charge in [-0.05, 0) is 35.7 Å². The van der Waals surface area contributed by atoms with Crippen molar-refractivity contribution >= 4 is 11.3 Å². The van der Waals surface area contributed by atoms with Crippen molar-refractivity contribution in [1.82, 2.24) is 5.32 Å². The minimum atomic E-state index is -4.32. The number of alkyl halides is 3. The monoisotopic (exact) mass is 327 g/mol. The Kier molecular flexibility index (Phi) is 4.25. The van der Waals surface area contributed by atoms with Crippen LogP contribution in [0, 0.1) is 0 Å². The van der Waals surface area contributed by atoms with Gasteiger partial charge in [-0.15, -0.1) is 11.3 Å². The van der Waals surface area contributed by atoms with Crippen LogP contribution in [0.1, 0.15) is 33.6 Å². The van der Waals surface area contributed by atoms with E-state index in [1.54, 1.807) is 17.4 Å². The number of nitrogens with one attached hydrogen (secondary N) is 1. The van der Waals surface area contributed by atoms with Crippen LogP contribution in [0.15, 0.2) is 35.7 Å². The second-order valence-corrected chi connectivity index (χ2v) is 6.24. The second kappa shape index (κ2) is 6.02. The molecule has 118 valence electrons. The van der Waals surface area contributed by atoms with E-state index >= 15 is 0 Å². The summed E-state index contributed by atoms with van der Waals surface area (Å²) in [6, 6.07) is 7.53. The van der Waals surface area contributed by atoms with Crippen LogP contribution >= 0.6 is 11.3 Å². The Morgan fingerprint density at radius 3 is 2.86 bits per heavy atom. The molecular weight excluding hydrogens is 311 g/mol. The highest BCUT2D eigenvalue weighted by Crippen LogP contribution is 2.41. The van der Waals surface area contributed by atoms with Gasteiger partial charge in [-0.1, -0.05) is 18.2 Å². The van der Waals surface area contributed by atoms with Crippen molar-refractivity contribution in [2.24, 2.45) is 0 Å². The van der Waals surface area contributed by atoms with Gasteiger partial charge in [-0.25, -0.2) is 0 Å². The third-order valence-electron chi connectivity index (χ3n) is 3.86. The first-order chi connectivity index (χ1) is 10.5. The summed E-state index contributed by atoms with van der Waals surface area (Å²) in [5.74, 6) is -0.142. The Bertz CT molecular complexity index is 653. The molecule has 0 amide bonds. The third kappa shape index (κ3) is 2.91. The zero-order chi connectivity index (χ0) is 15.7. The zero-order valence-electron chi connectivity index (χ0n) is 12.0. The lowest BCUT2D eigenvalue weighted by molar-refractivity contribution is -0.137. The number of thiophene rings is 1. The summed E-state index contributed by atoms with van der Waals surface area (Å²) in [7, 11) is 1.86. The molecule has 6 heteroatoms. The van der Waals surface area contributed by atoms with Crippen molar-refractivity contribution in [1.29, 1.82) is 0 Å². The van der Waals surface area contributed by atoms with Gasteiger partial charge in [-0.3, -0.25) is 0 Å². The van der Waals surface area contributed by atoms with E-state index in [4.69, 9.17) is 4.74 Å². The molecule has 1 aromatic heterocycles. The van der Waals surface area contributed by atoms with Gasteiger partial charge in [0.05, 0.1) is 12.2 Å². The molecule has 0 unspecified atom stereocenters. The Hall–Kier alpha value is -1.37. The van der Waals surface area contributed by atoms with Gasteiger partial charge >= 0.3 is 6.18 Å². The molecule has 1 aromatic carbocycles. The molecule has 0 spiro atoms. The number of ether oxygens (including phenoxy) is 1. The molecule has 1 aliphatic heterocycles. The minimum absolute atomic E-state index is 0.0259. The van der Waals surface area contributed by atoms with E-state index in [2.05, 4.69) is 5.32 Å². The number of hydrogen-bond donors (Lipinski definition) is 1. The standard InChI is InChI=1S/C16H16F3NOS/c1-20-8-14-15-12(5-6-22-15)13(9-21-14)10-3-2-4-11(7-10)16(17,18)19/h2-7,13-14,20H,8-9H2,1H3/t13-,14-/m1/s1. The highest BCUT2D eigenvalue weighted by Gasteiger charge is 2.33. The molecule has 2 atom stereocenters. The van der Waals surface area contributed by atoms with Crippen molar-refractivity contribution in [3.05, 3.63) is 57.3 Å². The molecule has 1 N–H and O–H groups in total. The first kappa shape index (κ1) is 15.5. The molecule has 0 bridgehead atoms. The zero-order valence-corrected chi connectivity index (χ0v) is 12.8. The van der Waals surface area contributed by atoms with Gasteiger partial charge in [-0.2, -0.15) is 13.2 Å². The van der Waals surface area contributed by atoms with Crippen LogP contribution in [0.4, 0.5) is 13.2 Å². The number of rotatable bonds is 3. The van der Waals surface area contributed by atoms with Crippen molar-refractivity contribution in [2.45, 2.75) is 18.2 Å². The predicted molar refractivity (Wildman–Crippen MR) is 80.2 cm³/mol. The summed E-state index contributed by atoms with van der Waals surface area (Å²) in [5.41, 5.74) is 1.12. The summed E-state index contributed by atoms with van der Waals surface area (Å²) in [5, 5.41) is 5.06. The van der Waals surface area contributed by atoms with Gasteiger partial charge in [0.25, 0.3) is 0 Å². The molecule has 2 aromatic rings. The highest BCUT2D eigenvalue weighted by molar-refractivity contribution is 7.10. The maximum absolute atomic E-state index is 12.9. The topological polar surface area (TPSA) is 21.3 Å². The van der Waals surface area contributed by atoms with Crippen molar-refractivity contribution in [2.75, 3.05) is 20.2 Å². The number of fused-ring (bicyclic) bond motifs is 1. The average Bonchev–Trinajstić information content (AvgIpc) is 2.97. The number of benzene rings is 1. The van der Waals surface area contributed by atoms with Gasteiger partial charge < -0.3 is 10.1 Å². The van der Waals surface area contributed by atoms with Gasteiger partial charge in [0, 0.05) is 17.3 Å². The second-order valence-electron chi connectivity index (χ2n) is 5.30. The van der Waals surface area contributed by atoms with Crippen molar-refractivity contribution in [3.8, 4) is 0 Å². The largest absolute Gasteiger partial charge is 0.416 e. The minimum Gasteiger partial charge on any atom is -0.370 e. The van der Waals surface area contributed by atoms with E-state index in [9.17, 15) is 13.2 Å². The van der Waals surface area contributed by atoms with Crippen LogP contribution in [0.25, 0.3) is 0 Å². The molecule has 1 aliphatic rings. The van der Waals surface area contributed by atoms with E-state index < -0.39 is 11.7 Å². The SMILES string of the molecule is CNC[C@H]1OC[C@H](c2cccc(C(F)(F)F)c2)c2ccsc21. The van der Waals surface area contributed by atoms with Crippen LogP contribution in [0.2, 0.25) is 0 Å². The van der Waals surface area contributed by atoms with E-state index in [0.29, 0.717) is 18.7 Å². The molecule has 2 heterocycles. The molecule has 3 rings (SSSR count). The van der Waals surface area contributed by atoms with Crippen LogP contribution < -0.4 is 5.32 Å². The summed E-state index contributed by atoms with van der Waals surface area (Å²) in [6.45, 7) is 1.10. The first-order valence-corrected chi connectivity index (χ1v) is 7.89. The Labute approximate surface area is 130 Å². The fraction of sp³-hybridized carbons (Fsp3) is 0.375. The first-order valence-electron chi connectivity index (χ1n) is 7.01. The number of halogens is 3. The summed E-state index contributed by atoms with van der Waals surface area (Å²) in [4.78, 5) is 1.10. The lowest BCUT2D eigenvalue weighted by atomic mass is 9.88. The van der Waals surface area contributed by atoms with Crippen LogP contribution in [-0.4, -0.2) is 20.2 Å². The normalized spacial score (nSPS) is 21.6. The third-order valence-corrected chi connectivity index (χ3v) is 4.89. The lowest BCUT2D eigenvalue weighted by Crippen LogP contribution is -2.27. The maximum atomic E-state index is 12.9. The highest BCUT2D eigenvalue weighted by atomic mass is 32.1. The quantitative estimate of drug-likeness (QED) is 0.913. The van der Waals surface area contributed by atoms with Crippen LogP contribution in [0.3, 0.4) is 0 Å². The molecule has 0 saturated carbocycles. The van der Waals surface area contributed by atoms with Gasteiger partial charge in [0.15, 0.2) is 0 Å². The Morgan fingerprint density at radius 1 is 1.32 bits per heavy atom. The van der Waals surface area contributed by atoms with Gasteiger partial charge in [0.2, 0.25) is 0 Å². The van der Waals surface area contributed by atoms with Crippen molar-refractivity contribution in [3.63, 3.8) is 0 Å². The Morgan fingerprint density at radius 2 is 2.14 bits per heavy atom. The van der Waals surface area contributed by atoms with Crippen LogP contribution in [-0.2, 0) is 10.9 Å². The molecule has 0 saturated heterocycles. The predicted octanol–water partition coefficient (Wildman–Crippen LogP) is 4.19. The Balaban J connectivity index is 1.95. The fourth-order valence-electron chi connectivity index (χ4n) is 2.80. The van der Waals surface area contributed by atoms with E-state index in [1.807, 2.05) is 18.5 Å². The lowest BCUT2D eigenvalue weighted by Gasteiger charge is -2.30. The smallest absolute Gasteiger partial charge is 0.370 e. The van der Waals surface area contributed by atoms with E-state index in [0.717, 1.165) is 16.5 Å². The molecule has 22 heavy (non-hydrogen) atoms. The van der Waals surface area contributed by atoms with Gasteiger partial charge in [0.1, 0.15) is 6.10 Å². The number of likely N-dealkylation sites (N-methyl/N-ethyl adjacent to an activating group) is 1. The molecule has 2 nitrogen and oxygen atoms in total. The summed E-state index contributed by atoms with van der Waals surface area (Å²) in [6.07, 6.45) is -4.35. The number of hydrogen-bond acceptors (Lipinski definition) is 3. The van der Waals surface area contributed by atoms with E-state index in [1.165, 1.54) is 12.1 Å².